The molecular formula is C9H11BrN2O2. The number of hydrogen-bond donors (Lipinski definition) is 1. The second-order valence-corrected chi connectivity index (χ2v) is 4.16. The second kappa shape index (κ2) is 3.73. The Labute approximate surface area is 90.1 Å². The highest BCUT2D eigenvalue weighted by Gasteiger charge is 2.19. The highest BCUT2D eigenvalue weighted by molar-refractivity contribution is 9.10. The maximum Gasteiger partial charge on any atom is 0.309 e. The van der Waals surface area contributed by atoms with Gasteiger partial charge in [0.2, 0.25) is 0 Å². The van der Waals surface area contributed by atoms with Crippen molar-refractivity contribution in [3.8, 4) is 0 Å². The van der Waals surface area contributed by atoms with E-state index >= 15 is 0 Å². The molecule has 2 rings (SSSR count). The van der Waals surface area contributed by atoms with E-state index in [0.717, 1.165) is 36.2 Å². The molecule has 0 radical (unpaired) electrons. The lowest BCUT2D eigenvalue weighted by atomic mass is 10.1. The molecule has 4 nitrogen and oxygen atoms in total. The van der Waals surface area contributed by atoms with E-state index in [1.807, 2.05) is 0 Å². The van der Waals surface area contributed by atoms with E-state index in [2.05, 4.69) is 25.5 Å². The standard InChI is InChI=1S/C9H11BrN2O2/c10-9-11-6(5-8(13)14)7-3-1-2-4-12(7)9/h1-5H2,(H,13,14). The smallest absolute Gasteiger partial charge is 0.309 e. The van der Waals surface area contributed by atoms with Gasteiger partial charge in [0.1, 0.15) is 0 Å². The third-order valence-corrected chi connectivity index (χ3v) is 3.08. The SMILES string of the molecule is O=C(O)Cc1nc(Br)n2c1CCCC2. The van der Waals surface area contributed by atoms with Crippen molar-refractivity contribution in [2.45, 2.75) is 32.2 Å². The first-order chi connectivity index (χ1) is 6.68. The number of aliphatic carboxylic acids is 1. The molecule has 0 bridgehead atoms. The minimum absolute atomic E-state index is 0.0287. The van der Waals surface area contributed by atoms with E-state index in [9.17, 15) is 4.79 Å². The number of aromatic nitrogens is 2. The highest BCUT2D eigenvalue weighted by atomic mass is 79.9. The second-order valence-electron chi connectivity index (χ2n) is 3.45. The Morgan fingerprint density at radius 2 is 2.36 bits per heavy atom. The van der Waals surface area contributed by atoms with E-state index in [1.165, 1.54) is 0 Å². The van der Waals surface area contributed by atoms with Crippen molar-refractivity contribution in [3.05, 3.63) is 16.1 Å². The highest BCUT2D eigenvalue weighted by Crippen LogP contribution is 2.24. The summed E-state index contributed by atoms with van der Waals surface area (Å²) in [5.41, 5.74) is 1.80. The van der Waals surface area contributed by atoms with E-state index < -0.39 is 5.97 Å². The van der Waals surface area contributed by atoms with E-state index in [1.54, 1.807) is 0 Å². The van der Waals surface area contributed by atoms with Gasteiger partial charge in [-0.15, -0.1) is 0 Å². The minimum atomic E-state index is -0.816. The number of rotatable bonds is 2. The quantitative estimate of drug-likeness (QED) is 0.877. The van der Waals surface area contributed by atoms with Crippen LogP contribution in [0.15, 0.2) is 4.73 Å². The number of carboxylic acid groups (broad SMARTS) is 1. The summed E-state index contributed by atoms with van der Waals surface area (Å²) in [4.78, 5) is 14.8. The molecular weight excluding hydrogens is 248 g/mol. The van der Waals surface area contributed by atoms with Crippen LogP contribution in [0, 0.1) is 0 Å². The first-order valence-electron chi connectivity index (χ1n) is 4.64. The zero-order valence-electron chi connectivity index (χ0n) is 7.66. The van der Waals surface area contributed by atoms with Gasteiger partial charge in [-0.25, -0.2) is 4.98 Å². The third kappa shape index (κ3) is 1.68. The molecule has 0 amide bonds. The van der Waals surface area contributed by atoms with Gasteiger partial charge >= 0.3 is 5.97 Å². The summed E-state index contributed by atoms with van der Waals surface area (Å²) in [5, 5.41) is 8.71. The zero-order chi connectivity index (χ0) is 10.1. The lowest BCUT2D eigenvalue weighted by Gasteiger charge is -2.15. The van der Waals surface area contributed by atoms with Gasteiger partial charge in [-0.2, -0.15) is 0 Å². The number of nitrogens with zero attached hydrogens (tertiary/aromatic N) is 2. The fourth-order valence-electron chi connectivity index (χ4n) is 1.86. The van der Waals surface area contributed by atoms with Gasteiger partial charge in [-0.05, 0) is 35.2 Å². The van der Waals surface area contributed by atoms with Crippen LogP contribution in [0.5, 0.6) is 0 Å². The van der Waals surface area contributed by atoms with Crippen molar-refractivity contribution in [1.29, 1.82) is 0 Å². The molecule has 14 heavy (non-hydrogen) atoms. The molecule has 0 unspecified atom stereocenters. The molecule has 1 N–H and O–H groups in total. The van der Waals surface area contributed by atoms with Gasteiger partial charge in [0, 0.05) is 12.2 Å². The predicted octanol–water partition coefficient (Wildman–Crippen LogP) is 1.61. The van der Waals surface area contributed by atoms with Crippen LogP contribution in [0.2, 0.25) is 0 Å². The largest absolute Gasteiger partial charge is 0.481 e. The molecule has 0 aliphatic carbocycles. The average molecular weight is 259 g/mol. The molecule has 1 aliphatic heterocycles. The lowest BCUT2D eigenvalue weighted by molar-refractivity contribution is -0.136. The number of fused-ring (bicyclic) bond motifs is 1. The van der Waals surface area contributed by atoms with Crippen LogP contribution in [0.4, 0.5) is 0 Å². The average Bonchev–Trinajstić information content (AvgIpc) is 2.44. The summed E-state index contributed by atoms with van der Waals surface area (Å²) >= 11 is 3.35. The van der Waals surface area contributed by atoms with Gasteiger partial charge in [0.15, 0.2) is 4.73 Å². The molecule has 0 aromatic carbocycles. The summed E-state index contributed by atoms with van der Waals surface area (Å²) in [5.74, 6) is -0.816. The lowest BCUT2D eigenvalue weighted by Crippen LogP contribution is -2.12. The Balaban J connectivity index is 2.36. The zero-order valence-corrected chi connectivity index (χ0v) is 9.25. The van der Waals surface area contributed by atoms with Gasteiger partial charge in [0.25, 0.3) is 0 Å². The number of hydrogen-bond acceptors (Lipinski definition) is 2. The van der Waals surface area contributed by atoms with Crippen molar-refractivity contribution >= 4 is 21.9 Å². The third-order valence-electron chi connectivity index (χ3n) is 2.47. The Hall–Kier alpha value is -0.840. The molecule has 0 spiro atoms. The maximum atomic E-state index is 10.6. The van der Waals surface area contributed by atoms with E-state index in [4.69, 9.17) is 5.11 Å². The van der Waals surface area contributed by atoms with Crippen molar-refractivity contribution in [1.82, 2.24) is 9.55 Å². The fraction of sp³-hybridized carbons (Fsp3) is 0.556. The van der Waals surface area contributed by atoms with Crippen molar-refractivity contribution in [2.75, 3.05) is 0 Å². The maximum absolute atomic E-state index is 10.6. The summed E-state index contributed by atoms with van der Waals surface area (Å²) in [6.45, 7) is 0.947. The summed E-state index contributed by atoms with van der Waals surface area (Å²) in [6, 6.07) is 0. The Morgan fingerprint density at radius 1 is 1.57 bits per heavy atom. The van der Waals surface area contributed by atoms with Gasteiger partial charge in [0.05, 0.1) is 12.1 Å². The molecule has 76 valence electrons. The number of carbonyl (C=O) groups is 1. The molecule has 5 heteroatoms. The number of halogens is 1. The molecule has 0 saturated heterocycles. The first kappa shape index (κ1) is 9.71. The van der Waals surface area contributed by atoms with Crippen LogP contribution in [0.25, 0.3) is 0 Å². The summed E-state index contributed by atoms with van der Waals surface area (Å²) in [7, 11) is 0. The number of imidazole rings is 1. The van der Waals surface area contributed by atoms with Crippen LogP contribution in [0.1, 0.15) is 24.2 Å². The Kier molecular flexibility index (Phi) is 2.58. The van der Waals surface area contributed by atoms with Gasteiger partial charge in [-0.3, -0.25) is 4.79 Å². The molecule has 1 aliphatic rings. The molecule has 0 atom stereocenters. The van der Waals surface area contributed by atoms with Crippen LogP contribution in [0.3, 0.4) is 0 Å². The van der Waals surface area contributed by atoms with E-state index in [0.29, 0.717) is 5.69 Å². The van der Waals surface area contributed by atoms with Crippen molar-refractivity contribution < 1.29 is 9.90 Å². The minimum Gasteiger partial charge on any atom is -0.481 e. The van der Waals surface area contributed by atoms with Crippen LogP contribution in [-0.4, -0.2) is 20.6 Å². The van der Waals surface area contributed by atoms with Crippen LogP contribution >= 0.6 is 15.9 Å². The van der Waals surface area contributed by atoms with Gasteiger partial charge in [-0.1, -0.05) is 0 Å². The van der Waals surface area contributed by atoms with Crippen molar-refractivity contribution in [2.24, 2.45) is 0 Å². The Bertz CT molecular complexity index is 373. The van der Waals surface area contributed by atoms with E-state index in [-0.39, 0.29) is 6.42 Å². The van der Waals surface area contributed by atoms with Gasteiger partial charge < -0.3 is 9.67 Å². The molecule has 2 heterocycles. The molecule has 0 fully saturated rings. The first-order valence-corrected chi connectivity index (χ1v) is 5.43. The Morgan fingerprint density at radius 3 is 3.07 bits per heavy atom. The molecule has 1 aromatic rings. The number of carboxylic acids is 1. The van der Waals surface area contributed by atoms with Crippen LogP contribution in [-0.2, 0) is 24.2 Å². The fourth-order valence-corrected chi connectivity index (χ4v) is 2.46. The molecule has 1 aromatic heterocycles. The molecule has 0 saturated carbocycles. The summed E-state index contributed by atoms with van der Waals surface area (Å²) in [6.07, 6.45) is 3.25. The van der Waals surface area contributed by atoms with Crippen LogP contribution < -0.4 is 0 Å². The summed E-state index contributed by atoms with van der Waals surface area (Å²) < 4.78 is 2.84. The monoisotopic (exact) mass is 258 g/mol. The van der Waals surface area contributed by atoms with Crippen molar-refractivity contribution in [3.63, 3.8) is 0 Å². The predicted molar refractivity (Wildman–Crippen MR) is 54.2 cm³/mol. The topological polar surface area (TPSA) is 55.1 Å². The normalized spacial score (nSPS) is 15.2.